The zero-order valence-electron chi connectivity index (χ0n) is 12.2. The molecule has 1 aliphatic rings. The third-order valence-electron chi connectivity index (χ3n) is 3.06. The fourth-order valence-electron chi connectivity index (χ4n) is 2.30. The van der Waals surface area contributed by atoms with E-state index in [0.29, 0.717) is 0 Å². The molecule has 1 rings (SSSR count). The molecule has 3 nitrogen and oxygen atoms in total. The first kappa shape index (κ1) is 14.8. The number of rotatable bonds is 2. The van der Waals surface area contributed by atoms with E-state index >= 15 is 0 Å². The van der Waals surface area contributed by atoms with Crippen LogP contribution in [0, 0.1) is 0 Å². The molecule has 1 saturated heterocycles. The maximum atomic E-state index is 12.2. The summed E-state index contributed by atoms with van der Waals surface area (Å²) in [5.74, 6) is 0. The zero-order valence-corrected chi connectivity index (χ0v) is 12.2. The standard InChI is InChI=1S/C15H25NO2/c1-7-8-13-12(11(2)3)9-10-16(13)14(17)18-15(4,5)6/h7,13H,1,8-10H2,2-6H3. The first-order chi connectivity index (χ1) is 8.26. The fourth-order valence-corrected chi connectivity index (χ4v) is 2.30. The van der Waals surface area contributed by atoms with Crippen LogP contribution in [0.3, 0.4) is 0 Å². The Hall–Kier alpha value is -1.25. The van der Waals surface area contributed by atoms with Crippen LogP contribution >= 0.6 is 0 Å². The molecule has 0 aromatic rings. The van der Waals surface area contributed by atoms with E-state index in [4.69, 9.17) is 4.74 Å². The van der Waals surface area contributed by atoms with Crippen molar-refractivity contribution < 1.29 is 9.53 Å². The van der Waals surface area contributed by atoms with Gasteiger partial charge in [0.2, 0.25) is 0 Å². The molecule has 1 aliphatic heterocycles. The zero-order chi connectivity index (χ0) is 13.9. The summed E-state index contributed by atoms with van der Waals surface area (Å²) >= 11 is 0. The first-order valence-electron chi connectivity index (χ1n) is 6.53. The van der Waals surface area contributed by atoms with Gasteiger partial charge in [-0.25, -0.2) is 4.79 Å². The molecule has 0 spiro atoms. The van der Waals surface area contributed by atoms with Crippen molar-refractivity contribution in [3.8, 4) is 0 Å². The number of likely N-dealkylation sites (tertiary alicyclic amines) is 1. The van der Waals surface area contributed by atoms with Gasteiger partial charge >= 0.3 is 6.09 Å². The van der Waals surface area contributed by atoms with Crippen molar-refractivity contribution in [3.05, 3.63) is 23.8 Å². The molecular formula is C15H25NO2. The fraction of sp³-hybridized carbons (Fsp3) is 0.667. The topological polar surface area (TPSA) is 29.5 Å². The van der Waals surface area contributed by atoms with Crippen LogP contribution in [0.1, 0.15) is 47.5 Å². The molecule has 0 N–H and O–H groups in total. The molecule has 0 saturated carbocycles. The molecule has 1 amide bonds. The summed E-state index contributed by atoms with van der Waals surface area (Å²) in [6.45, 7) is 14.4. The quantitative estimate of drug-likeness (QED) is 0.696. The minimum Gasteiger partial charge on any atom is -0.444 e. The van der Waals surface area contributed by atoms with Crippen LogP contribution in [0.5, 0.6) is 0 Å². The highest BCUT2D eigenvalue weighted by molar-refractivity contribution is 5.70. The number of carbonyl (C=O) groups is 1. The van der Waals surface area contributed by atoms with E-state index in [9.17, 15) is 4.79 Å². The maximum absolute atomic E-state index is 12.2. The molecule has 0 aromatic carbocycles. The van der Waals surface area contributed by atoms with Gasteiger partial charge in [-0.05, 0) is 53.0 Å². The molecule has 0 bridgehead atoms. The first-order valence-corrected chi connectivity index (χ1v) is 6.53. The Morgan fingerprint density at radius 2 is 2.11 bits per heavy atom. The Morgan fingerprint density at radius 1 is 1.50 bits per heavy atom. The van der Waals surface area contributed by atoms with Crippen LogP contribution in [0.2, 0.25) is 0 Å². The Morgan fingerprint density at radius 3 is 2.56 bits per heavy atom. The van der Waals surface area contributed by atoms with Crippen LogP contribution in [-0.2, 0) is 4.74 Å². The van der Waals surface area contributed by atoms with Crippen LogP contribution in [0.25, 0.3) is 0 Å². The van der Waals surface area contributed by atoms with E-state index < -0.39 is 5.60 Å². The van der Waals surface area contributed by atoms with Crippen molar-refractivity contribution in [2.45, 2.75) is 59.1 Å². The Balaban J connectivity index is 2.86. The van der Waals surface area contributed by atoms with Crippen molar-refractivity contribution >= 4 is 6.09 Å². The van der Waals surface area contributed by atoms with E-state index in [-0.39, 0.29) is 12.1 Å². The molecule has 18 heavy (non-hydrogen) atoms. The number of amides is 1. The van der Waals surface area contributed by atoms with E-state index in [2.05, 4.69) is 20.4 Å². The molecule has 1 fully saturated rings. The van der Waals surface area contributed by atoms with Gasteiger partial charge in [0.25, 0.3) is 0 Å². The van der Waals surface area contributed by atoms with Crippen molar-refractivity contribution in [1.82, 2.24) is 4.90 Å². The number of ether oxygens (including phenoxy) is 1. The second kappa shape index (κ2) is 5.59. The Kier molecular flexibility index (Phi) is 4.60. The third kappa shape index (κ3) is 3.62. The SMILES string of the molecule is C=CCC1C(=C(C)C)CCN1C(=O)OC(C)(C)C. The monoisotopic (exact) mass is 251 g/mol. The molecule has 0 radical (unpaired) electrons. The van der Waals surface area contributed by atoms with Gasteiger partial charge in [-0.3, -0.25) is 0 Å². The van der Waals surface area contributed by atoms with Crippen LogP contribution in [-0.4, -0.2) is 29.2 Å². The van der Waals surface area contributed by atoms with Crippen molar-refractivity contribution in [2.75, 3.05) is 6.54 Å². The molecule has 0 aromatic heterocycles. The number of nitrogens with zero attached hydrogens (tertiary/aromatic N) is 1. The molecule has 0 aliphatic carbocycles. The number of allylic oxidation sites excluding steroid dienone is 1. The minimum atomic E-state index is -0.441. The van der Waals surface area contributed by atoms with Gasteiger partial charge in [0.15, 0.2) is 0 Å². The van der Waals surface area contributed by atoms with Crippen molar-refractivity contribution in [2.24, 2.45) is 0 Å². The Labute approximate surface area is 110 Å². The van der Waals surface area contributed by atoms with Gasteiger partial charge in [-0.15, -0.1) is 6.58 Å². The predicted molar refractivity (Wildman–Crippen MR) is 74.5 cm³/mol. The normalized spacial score (nSPS) is 19.9. The second-order valence-electron chi connectivity index (χ2n) is 5.99. The van der Waals surface area contributed by atoms with Gasteiger partial charge in [0, 0.05) is 6.54 Å². The molecule has 102 valence electrons. The average molecular weight is 251 g/mol. The van der Waals surface area contributed by atoms with E-state index in [1.165, 1.54) is 11.1 Å². The number of hydrogen-bond acceptors (Lipinski definition) is 2. The highest BCUT2D eigenvalue weighted by Crippen LogP contribution is 2.30. The average Bonchev–Trinajstić information content (AvgIpc) is 2.59. The highest BCUT2D eigenvalue weighted by atomic mass is 16.6. The molecule has 1 atom stereocenters. The van der Waals surface area contributed by atoms with E-state index in [0.717, 1.165) is 19.4 Å². The van der Waals surface area contributed by atoms with Gasteiger partial charge in [-0.1, -0.05) is 11.6 Å². The van der Waals surface area contributed by atoms with Crippen molar-refractivity contribution in [1.29, 1.82) is 0 Å². The summed E-state index contributed by atoms with van der Waals surface area (Å²) in [6, 6.07) is 0.127. The van der Waals surface area contributed by atoms with Gasteiger partial charge in [0.1, 0.15) is 5.60 Å². The minimum absolute atomic E-state index is 0.127. The van der Waals surface area contributed by atoms with Gasteiger partial charge in [-0.2, -0.15) is 0 Å². The summed E-state index contributed by atoms with van der Waals surface area (Å²) in [4.78, 5) is 14.0. The molecule has 1 unspecified atom stereocenters. The Bertz CT molecular complexity index is 359. The molecule has 3 heteroatoms. The molecule has 1 heterocycles. The smallest absolute Gasteiger partial charge is 0.410 e. The lowest BCUT2D eigenvalue weighted by Crippen LogP contribution is -2.40. The highest BCUT2D eigenvalue weighted by Gasteiger charge is 2.34. The van der Waals surface area contributed by atoms with Crippen LogP contribution in [0.15, 0.2) is 23.8 Å². The van der Waals surface area contributed by atoms with E-state index in [1.807, 2.05) is 31.7 Å². The summed E-state index contributed by atoms with van der Waals surface area (Å²) < 4.78 is 5.46. The third-order valence-corrected chi connectivity index (χ3v) is 3.06. The predicted octanol–water partition coefficient (Wildman–Crippen LogP) is 3.91. The lowest BCUT2D eigenvalue weighted by atomic mass is 10.0. The van der Waals surface area contributed by atoms with Gasteiger partial charge in [0.05, 0.1) is 6.04 Å². The van der Waals surface area contributed by atoms with Crippen molar-refractivity contribution in [3.63, 3.8) is 0 Å². The van der Waals surface area contributed by atoms with Crippen LogP contribution < -0.4 is 0 Å². The summed E-state index contributed by atoms with van der Waals surface area (Å²) in [5, 5.41) is 0. The van der Waals surface area contributed by atoms with E-state index in [1.54, 1.807) is 0 Å². The van der Waals surface area contributed by atoms with Crippen LogP contribution in [0.4, 0.5) is 4.79 Å². The second-order valence-corrected chi connectivity index (χ2v) is 5.99. The lowest BCUT2D eigenvalue weighted by Gasteiger charge is -2.28. The van der Waals surface area contributed by atoms with Gasteiger partial charge < -0.3 is 9.64 Å². The largest absolute Gasteiger partial charge is 0.444 e. The summed E-state index contributed by atoms with van der Waals surface area (Å²) in [7, 11) is 0. The number of hydrogen-bond donors (Lipinski definition) is 0. The number of carbonyl (C=O) groups excluding carboxylic acids is 1. The lowest BCUT2D eigenvalue weighted by molar-refractivity contribution is 0.0240. The summed E-state index contributed by atoms with van der Waals surface area (Å²) in [6.07, 6.45) is 3.39. The summed E-state index contributed by atoms with van der Waals surface area (Å²) in [5.41, 5.74) is 2.21. The maximum Gasteiger partial charge on any atom is 0.410 e. The molecular weight excluding hydrogens is 226 g/mol.